The van der Waals surface area contributed by atoms with E-state index >= 15 is 0 Å². The lowest BCUT2D eigenvalue weighted by Gasteiger charge is -2.34. The highest BCUT2D eigenvalue weighted by Crippen LogP contribution is 2.16. The van der Waals surface area contributed by atoms with Crippen molar-refractivity contribution < 1.29 is 9.47 Å². The van der Waals surface area contributed by atoms with Gasteiger partial charge in [0.25, 0.3) is 0 Å². The van der Waals surface area contributed by atoms with E-state index in [1.54, 1.807) is 7.05 Å². The molecule has 3 rings (SSSR count). The molecule has 9 heteroatoms. The highest BCUT2D eigenvalue weighted by molar-refractivity contribution is 14.0. The van der Waals surface area contributed by atoms with E-state index in [0.29, 0.717) is 12.5 Å². The third-order valence-electron chi connectivity index (χ3n) is 5.40. The summed E-state index contributed by atoms with van der Waals surface area (Å²) in [5.74, 6) is 2.48. The molecule has 1 aromatic heterocycles. The lowest BCUT2D eigenvalue weighted by atomic mass is 10.2. The van der Waals surface area contributed by atoms with Crippen molar-refractivity contribution in [1.82, 2.24) is 20.5 Å². The summed E-state index contributed by atoms with van der Waals surface area (Å²) in [7, 11) is 1.80. The average molecular weight is 546 g/mol. The number of guanidine groups is 1. The van der Waals surface area contributed by atoms with E-state index < -0.39 is 0 Å². The zero-order chi connectivity index (χ0) is 21.3. The van der Waals surface area contributed by atoms with Crippen molar-refractivity contribution in [3.8, 4) is 0 Å². The molecule has 3 heterocycles. The van der Waals surface area contributed by atoms with Gasteiger partial charge in [-0.15, -0.1) is 24.0 Å². The standard InChI is InChI=1S/C22H38N6O2.HI/c1-17(2)14-27-7-9-30-20(16-27)13-26-22(23-4)25-12-19-5-6-24-21(11-19)28-8-10-29-18(3)15-28;/h5-6,11,17-18,20H,7-10,12-16H2,1-4H3,(H2,23,25,26);1H. The molecule has 2 atom stereocenters. The highest BCUT2D eigenvalue weighted by atomic mass is 127. The molecule has 0 amide bonds. The highest BCUT2D eigenvalue weighted by Gasteiger charge is 2.21. The van der Waals surface area contributed by atoms with Crippen LogP contribution in [0, 0.1) is 5.92 Å². The number of rotatable bonds is 7. The van der Waals surface area contributed by atoms with Crippen molar-refractivity contribution in [1.29, 1.82) is 0 Å². The first-order valence-electron chi connectivity index (χ1n) is 11.1. The molecule has 8 nitrogen and oxygen atoms in total. The van der Waals surface area contributed by atoms with Gasteiger partial charge in [-0.1, -0.05) is 13.8 Å². The fourth-order valence-electron chi connectivity index (χ4n) is 3.97. The van der Waals surface area contributed by atoms with Gasteiger partial charge in [0.05, 0.1) is 25.4 Å². The maximum Gasteiger partial charge on any atom is 0.191 e. The Morgan fingerprint density at radius 2 is 2.03 bits per heavy atom. The van der Waals surface area contributed by atoms with Crippen LogP contribution in [-0.4, -0.2) is 87.6 Å². The van der Waals surface area contributed by atoms with Crippen LogP contribution in [0.5, 0.6) is 0 Å². The van der Waals surface area contributed by atoms with E-state index in [2.05, 4.69) is 57.2 Å². The quantitative estimate of drug-likeness (QED) is 0.308. The normalized spacial score (nSPS) is 22.9. The van der Waals surface area contributed by atoms with Gasteiger partial charge in [-0.2, -0.15) is 0 Å². The fraction of sp³-hybridized carbons (Fsp3) is 0.727. The summed E-state index contributed by atoms with van der Waals surface area (Å²) in [4.78, 5) is 13.7. The van der Waals surface area contributed by atoms with Gasteiger partial charge in [-0.25, -0.2) is 4.98 Å². The third-order valence-corrected chi connectivity index (χ3v) is 5.40. The van der Waals surface area contributed by atoms with Crippen molar-refractivity contribution >= 4 is 35.8 Å². The molecule has 1 aromatic rings. The Balaban J connectivity index is 0.00000341. The maximum atomic E-state index is 5.93. The molecule has 0 spiro atoms. The molecule has 0 radical (unpaired) electrons. The number of anilines is 1. The van der Waals surface area contributed by atoms with Crippen LogP contribution in [0.2, 0.25) is 0 Å². The molecule has 2 saturated heterocycles. The summed E-state index contributed by atoms with van der Waals surface area (Å²) in [6, 6.07) is 4.19. The minimum absolute atomic E-state index is 0. The molecule has 2 aliphatic rings. The Bertz CT molecular complexity index is 690. The number of hydrogen-bond donors (Lipinski definition) is 2. The largest absolute Gasteiger partial charge is 0.375 e. The van der Waals surface area contributed by atoms with E-state index in [4.69, 9.17) is 9.47 Å². The molecule has 2 N–H and O–H groups in total. The second kappa shape index (κ2) is 13.4. The van der Waals surface area contributed by atoms with Crippen molar-refractivity contribution in [3.05, 3.63) is 23.9 Å². The minimum Gasteiger partial charge on any atom is -0.375 e. The van der Waals surface area contributed by atoms with Crippen LogP contribution in [0.25, 0.3) is 0 Å². The molecular weight excluding hydrogens is 507 g/mol. The van der Waals surface area contributed by atoms with Gasteiger partial charge in [0.1, 0.15) is 5.82 Å². The number of nitrogens with one attached hydrogen (secondary N) is 2. The summed E-state index contributed by atoms with van der Waals surface area (Å²) in [5.41, 5.74) is 1.18. The molecular formula is C22H39IN6O2. The van der Waals surface area contributed by atoms with Crippen molar-refractivity contribution in [2.45, 2.75) is 39.5 Å². The van der Waals surface area contributed by atoms with E-state index in [1.165, 1.54) is 5.56 Å². The van der Waals surface area contributed by atoms with Crippen molar-refractivity contribution in [2.24, 2.45) is 10.9 Å². The van der Waals surface area contributed by atoms with Crippen molar-refractivity contribution in [2.75, 3.05) is 64.4 Å². The molecule has 0 aromatic carbocycles. The number of nitrogens with zero attached hydrogens (tertiary/aromatic N) is 4. The first-order valence-corrected chi connectivity index (χ1v) is 11.1. The van der Waals surface area contributed by atoms with Gasteiger partial charge >= 0.3 is 0 Å². The summed E-state index contributed by atoms with van der Waals surface area (Å²) >= 11 is 0. The monoisotopic (exact) mass is 546 g/mol. The van der Waals surface area contributed by atoms with E-state index in [1.807, 2.05) is 12.3 Å². The van der Waals surface area contributed by atoms with E-state index in [-0.39, 0.29) is 36.2 Å². The topological polar surface area (TPSA) is 74.2 Å². The second-order valence-electron chi connectivity index (χ2n) is 8.60. The Labute approximate surface area is 204 Å². The third kappa shape index (κ3) is 8.70. The molecule has 0 saturated carbocycles. The van der Waals surface area contributed by atoms with Crippen molar-refractivity contribution in [3.63, 3.8) is 0 Å². The van der Waals surface area contributed by atoms with Gasteiger partial charge in [0.2, 0.25) is 0 Å². The summed E-state index contributed by atoms with van der Waals surface area (Å²) in [6.07, 6.45) is 2.30. The zero-order valence-corrected chi connectivity index (χ0v) is 21.7. The number of ether oxygens (including phenoxy) is 2. The summed E-state index contributed by atoms with van der Waals surface area (Å²) in [6.45, 7) is 14.5. The van der Waals surface area contributed by atoms with Gasteiger partial charge in [0, 0.05) is 59.1 Å². The molecule has 0 aliphatic carbocycles. The molecule has 0 bridgehead atoms. The lowest BCUT2D eigenvalue weighted by Crippen LogP contribution is -2.50. The molecule has 176 valence electrons. The number of morpholine rings is 2. The lowest BCUT2D eigenvalue weighted by molar-refractivity contribution is -0.0284. The summed E-state index contributed by atoms with van der Waals surface area (Å²) < 4.78 is 11.6. The number of aliphatic imine (C=N–C) groups is 1. The Kier molecular flexibility index (Phi) is 11.3. The Morgan fingerprint density at radius 3 is 2.77 bits per heavy atom. The van der Waals surface area contributed by atoms with Crippen LogP contribution in [0.4, 0.5) is 5.82 Å². The Hall–Kier alpha value is -1.17. The van der Waals surface area contributed by atoms with Crippen LogP contribution < -0.4 is 15.5 Å². The van der Waals surface area contributed by atoms with Gasteiger partial charge in [0.15, 0.2) is 5.96 Å². The fourth-order valence-corrected chi connectivity index (χ4v) is 3.97. The number of aromatic nitrogens is 1. The molecule has 31 heavy (non-hydrogen) atoms. The number of hydrogen-bond acceptors (Lipinski definition) is 6. The van der Waals surface area contributed by atoms with Gasteiger partial charge < -0.3 is 25.0 Å². The first-order chi connectivity index (χ1) is 14.5. The van der Waals surface area contributed by atoms with E-state index in [0.717, 1.165) is 64.3 Å². The average Bonchev–Trinajstić information content (AvgIpc) is 2.74. The summed E-state index contributed by atoms with van der Waals surface area (Å²) in [5, 5.41) is 6.82. The maximum absolute atomic E-state index is 5.93. The molecule has 2 aliphatic heterocycles. The Morgan fingerprint density at radius 1 is 1.23 bits per heavy atom. The van der Waals surface area contributed by atoms with Crippen LogP contribution >= 0.6 is 24.0 Å². The van der Waals surface area contributed by atoms with E-state index in [9.17, 15) is 0 Å². The number of pyridine rings is 1. The predicted molar refractivity (Wildman–Crippen MR) is 136 cm³/mol. The predicted octanol–water partition coefficient (Wildman–Crippen LogP) is 1.95. The zero-order valence-electron chi connectivity index (χ0n) is 19.3. The van der Waals surface area contributed by atoms with Gasteiger partial charge in [-0.3, -0.25) is 9.89 Å². The van der Waals surface area contributed by atoms with Crippen LogP contribution in [0.15, 0.2) is 23.3 Å². The van der Waals surface area contributed by atoms with Gasteiger partial charge in [-0.05, 0) is 30.5 Å². The smallest absolute Gasteiger partial charge is 0.191 e. The van der Waals surface area contributed by atoms with Crippen LogP contribution in [0.3, 0.4) is 0 Å². The molecule has 2 unspecified atom stereocenters. The minimum atomic E-state index is 0. The second-order valence-corrected chi connectivity index (χ2v) is 8.60. The SMILES string of the molecule is CN=C(NCc1ccnc(N2CCOC(C)C2)c1)NCC1CN(CC(C)C)CCO1.I. The molecule has 2 fully saturated rings. The number of halogens is 1. The van der Waals surface area contributed by atoms with Crippen LogP contribution in [-0.2, 0) is 16.0 Å². The van der Waals surface area contributed by atoms with Crippen LogP contribution in [0.1, 0.15) is 26.3 Å². The first kappa shape index (κ1) is 26.1.